The molecule has 1 aromatic carbocycles. The van der Waals surface area contributed by atoms with Crippen LogP contribution < -0.4 is 16.0 Å². The summed E-state index contributed by atoms with van der Waals surface area (Å²) in [6.07, 6.45) is 6.65. The van der Waals surface area contributed by atoms with Gasteiger partial charge in [0.1, 0.15) is 29.0 Å². The van der Waals surface area contributed by atoms with Crippen molar-refractivity contribution in [1.82, 2.24) is 24.8 Å². The van der Waals surface area contributed by atoms with E-state index in [9.17, 15) is 18.0 Å². The van der Waals surface area contributed by atoms with Crippen molar-refractivity contribution in [2.45, 2.75) is 44.2 Å². The molecule has 0 bridgehead atoms. The van der Waals surface area contributed by atoms with E-state index >= 15 is 0 Å². The average molecular weight is 522 g/mol. The molecule has 6 rings (SSSR count). The molecule has 1 saturated carbocycles. The average Bonchev–Trinajstić information content (AvgIpc) is 3.56. The Bertz CT molecular complexity index is 1520. The normalized spacial score (nSPS) is 16.8. The summed E-state index contributed by atoms with van der Waals surface area (Å²) in [6, 6.07) is 8.44. The molecule has 196 valence electrons. The van der Waals surface area contributed by atoms with Gasteiger partial charge in [0.05, 0.1) is 13.1 Å². The van der Waals surface area contributed by atoms with E-state index in [1.807, 2.05) is 10.6 Å². The lowest BCUT2D eigenvalue weighted by molar-refractivity contribution is 0.0256. The van der Waals surface area contributed by atoms with Crippen LogP contribution in [0.3, 0.4) is 0 Å². The Hall–Kier alpha value is -4.15. The van der Waals surface area contributed by atoms with Gasteiger partial charge in [-0.3, -0.25) is 4.79 Å². The van der Waals surface area contributed by atoms with Crippen LogP contribution in [0.5, 0.6) is 0 Å². The van der Waals surface area contributed by atoms with Crippen LogP contribution in [0.15, 0.2) is 48.9 Å². The number of nitrogens with zero attached hydrogens (tertiary/aromatic N) is 5. The molecule has 0 unspecified atom stereocenters. The summed E-state index contributed by atoms with van der Waals surface area (Å²) in [4.78, 5) is 27.5. The van der Waals surface area contributed by atoms with Gasteiger partial charge >= 0.3 is 0 Å². The molecule has 4 heterocycles. The molecule has 1 amide bonds. The lowest BCUT2D eigenvalue weighted by atomic mass is 10.1. The van der Waals surface area contributed by atoms with Crippen LogP contribution in [-0.2, 0) is 13.1 Å². The van der Waals surface area contributed by atoms with E-state index in [0.717, 1.165) is 24.2 Å². The second-order valence-corrected chi connectivity index (χ2v) is 9.95. The minimum atomic E-state index is -2.68. The summed E-state index contributed by atoms with van der Waals surface area (Å²) in [5, 5.41) is 3.64. The van der Waals surface area contributed by atoms with Crippen molar-refractivity contribution in [2.24, 2.45) is 0 Å². The molecule has 11 heteroatoms. The fourth-order valence-corrected chi connectivity index (χ4v) is 4.85. The number of alkyl halides is 2. The summed E-state index contributed by atoms with van der Waals surface area (Å²) >= 11 is 0. The second kappa shape index (κ2) is 9.30. The van der Waals surface area contributed by atoms with E-state index in [4.69, 9.17) is 5.73 Å². The number of fused-ring (bicyclic) bond motifs is 1. The first kappa shape index (κ1) is 24.2. The summed E-state index contributed by atoms with van der Waals surface area (Å²) in [6.45, 7) is 0.402. The zero-order valence-electron chi connectivity index (χ0n) is 20.5. The molecule has 3 N–H and O–H groups in total. The van der Waals surface area contributed by atoms with Gasteiger partial charge in [0.25, 0.3) is 11.8 Å². The zero-order chi connectivity index (χ0) is 26.4. The number of carbonyl (C=O) groups is 1. The van der Waals surface area contributed by atoms with Crippen LogP contribution in [0.4, 0.5) is 24.8 Å². The molecular formula is C27H26F3N7O. The topological polar surface area (TPSA) is 102 Å². The first-order valence-electron chi connectivity index (χ1n) is 12.5. The van der Waals surface area contributed by atoms with Gasteiger partial charge in [0.15, 0.2) is 0 Å². The van der Waals surface area contributed by atoms with E-state index in [1.54, 1.807) is 41.6 Å². The van der Waals surface area contributed by atoms with Crippen LogP contribution in [0.2, 0.25) is 0 Å². The fraction of sp³-hybridized carbons (Fsp3) is 0.333. The van der Waals surface area contributed by atoms with Gasteiger partial charge in [-0.25, -0.2) is 28.1 Å². The van der Waals surface area contributed by atoms with Gasteiger partial charge in [0, 0.05) is 60.4 Å². The van der Waals surface area contributed by atoms with E-state index < -0.39 is 17.6 Å². The standard InChI is InChI=1S/C27H26F3N7O/c28-23-18(4-5-20-19(23)7-9-32-24(20)31)12-34-26(38)21-14-37(25(35-21)17-2-3-17)13-16-1-6-22(33-11-16)36-10-8-27(29,30)15-36/h1,4-7,9,11,14,17H,2-3,8,10,12-13,15H2,(H2,31,32)(H,34,38). The summed E-state index contributed by atoms with van der Waals surface area (Å²) in [7, 11) is 0. The molecule has 38 heavy (non-hydrogen) atoms. The Balaban J connectivity index is 1.15. The van der Waals surface area contributed by atoms with Gasteiger partial charge in [0.2, 0.25) is 0 Å². The van der Waals surface area contributed by atoms with Crippen molar-refractivity contribution < 1.29 is 18.0 Å². The number of nitrogens with two attached hydrogens (primary N) is 1. The minimum absolute atomic E-state index is 0.00458. The molecule has 1 saturated heterocycles. The largest absolute Gasteiger partial charge is 0.383 e. The number of imidazole rings is 1. The molecule has 2 fully saturated rings. The van der Waals surface area contributed by atoms with Crippen molar-refractivity contribution in [2.75, 3.05) is 23.7 Å². The Morgan fingerprint density at radius 3 is 2.68 bits per heavy atom. The molecule has 2 aliphatic rings. The monoisotopic (exact) mass is 521 g/mol. The molecule has 1 aliphatic carbocycles. The number of aromatic nitrogens is 4. The fourth-order valence-electron chi connectivity index (χ4n) is 4.85. The van der Waals surface area contributed by atoms with Crippen LogP contribution in [-0.4, -0.2) is 44.4 Å². The molecule has 0 spiro atoms. The Kier molecular flexibility index (Phi) is 5.93. The highest BCUT2D eigenvalue weighted by Crippen LogP contribution is 2.39. The number of carbonyl (C=O) groups excluding carboxylic acids is 1. The number of rotatable bonds is 7. The van der Waals surface area contributed by atoms with Gasteiger partial charge in [-0.2, -0.15) is 0 Å². The minimum Gasteiger partial charge on any atom is -0.383 e. The molecule has 8 nitrogen and oxygen atoms in total. The number of pyridine rings is 2. The number of nitrogens with one attached hydrogen (secondary N) is 1. The molecule has 0 radical (unpaired) electrons. The number of nitrogen functional groups attached to an aromatic ring is 1. The third kappa shape index (κ3) is 4.75. The number of amides is 1. The maximum Gasteiger partial charge on any atom is 0.271 e. The lowest BCUT2D eigenvalue weighted by Crippen LogP contribution is -2.25. The number of hydrogen-bond acceptors (Lipinski definition) is 6. The number of halogens is 3. The van der Waals surface area contributed by atoms with E-state index in [-0.39, 0.29) is 43.5 Å². The SMILES string of the molecule is Nc1nccc2c(F)c(CNC(=O)c3cn(Cc4ccc(N5CCC(F)(F)C5)nc4)c(C4CC4)n3)ccc12. The van der Waals surface area contributed by atoms with Gasteiger partial charge in [-0.05, 0) is 30.5 Å². The second-order valence-electron chi connectivity index (χ2n) is 9.95. The Morgan fingerprint density at radius 1 is 1.13 bits per heavy atom. The number of benzene rings is 1. The smallest absolute Gasteiger partial charge is 0.271 e. The van der Waals surface area contributed by atoms with Crippen LogP contribution >= 0.6 is 0 Å². The molecule has 4 aromatic rings. The van der Waals surface area contributed by atoms with Crippen molar-refractivity contribution in [3.8, 4) is 0 Å². The van der Waals surface area contributed by atoms with Gasteiger partial charge in [-0.15, -0.1) is 0 Å². The number of anilines is 2. The molecule has 0 atom stereocenters. The van der Waals surface area contributed by atoms with Crippen LogP contribution in [0.25, 0.3) is 10.8 Å². The Morgan fingerprint density at radius 2 is 1.97 bits per heavy atom. The van der Waals surface area contributed by atoms with Crippen LogP contribution in [0.1, 0.15) is 52.6 Å². The van der Waals surface area contributed by atoms with Crippen LogP contribution in [0, 0.1) is 5.82 Å². The summed E-state index contributed by atoms with van der Waals surface area (Å²) < 4.78 is 44.0. The van der Waals surface area contributed by atoms with E-state index in [1.165, 1.54) is 6.20 Å². The Labute approximate surface area is 216 Å². The van der Waals surface area contributed by atoms with Crippen molar-refractivity contribution in [3.63, 3.8) is 0 Å². The van der Waals surface area contributed by atoms with Crippen molar-refractivity contribution in [1.29, 1.82) is 0 Å². The predicted molar refractivity (Wildman–Crippen MR) is 137 cm³/mol. The molecule has 3 aromatic heterocycles. The maximum atomic E-state index is 15.0. The quantitative estimate of drug-likeness (QED) is 0.377. The summed E-state index contributed by atoms with van der Waals surface area (Å²) in [5.41, 5.74) is 7.29. The highest BCUT2D eigenvalue weighted by molar-refractivity contribution is 5.93. The van der Waals surface area contributed by atoms with E-state index in [2.05, 4.69) is 20.3 Å². The zero-order valence-corrected chi connectivity index (χ0v) is 20.5. The molecular weight excluding hydrogens is 495 g/mol. The number of hydrogen-bond donors (Lipinski definition) is 2. The third-order valence-electron chi connectivity index (χ3n) is 7.07. The lowest BCUT2D eigenvalue weighted by Gasteiger charge is -2.17. The highest BCUT2D eigenvalue weighted by Gasteiger charge is 2.38. The van der Waals surface area contributed by atoms with Gasteiger partial charge < -0.3 is 20.5 Å². The van der Waals surface area contributed by atoms with Crippen molar-refractivity contribution in [3.05, 3.63) is 77.4 Å². The summed E-state index contributed by atoms with van der Waals surface area (Å²) in [5.74, 6) is -1.65. The van der Waals surface area contributed by atoms with E-state index in [0.29, 0.717) is 28.7 Å². The first-order valence-corrected chi connectivity index (χ1v) is 12.5. The first-order chi connectivity index (χ1) is 18.3. The van der Waals surface area contributed by atoms with Gasteiger partial charge in [-0.1, -0.05) is 18.2 Å². The van der Waals surface area contributed by atoms with Crippen molar-refractivity contribution >= 4 is 28.3 Å². The third-order valence-corrected chi connectivity index (χ3v) is 7.07. The molecule has 1 aliphatic heterocycles. The maximum absolute atomic E-state index is 15.0. The highest BCUT2D eigenvalue weighted by atomic mass is 19.3. The predicted octanol–water partition coefficient (Wildman–Crippen LogP) is 4.25.